The van der Waals surface area contributed by atoms with Crippen molar-refractivity contribution in [2.75, 3.05) is 30.8 Å². The molecule has 1 aromatic rings. The van der Waals surface area contributed by atoms with Gasteiger partial charge in [0, 0.05) is 19.1 Å². The van der Waals surface area contributed by atoms with Crippen molar-refractivity contribution < 1.29 is 19.4 Å². The molecule has 2 heterocycles. The molecule has 2 aliphatic heterocycles. The fourth-order valence-electron chi connectivity index (χ4n) is 4.07. The van der Waals surface area contributed by atoms with E-state index >= 15 is 0 Å². The summed E-state index contributed by atoms with van der Waals surface area (Å²) in [5.74, 6) is -0.138. The molecule has 1 amide bonds. The van der Waals surface area contributed by atoms with Crippen molar-refractivity contribution in [2.45, 2.75) is 44.2 Å². The number of fused-ring (bicyclic) bond motifs is 2. The van der Waals surface area contributed by atoms with Gasteiger partial charge < -0.3 is 25.4 Å². The van der Waals surface area contributed by atoms with Gasteiger partial charge in [0.1, 0.15) is 0 Å². The number of nitrogen functional groups attached to an aromatic ring is 1. The first kappa shape index (κ1) is 17.4. The van der Waals surface area contributed by atoms with E-state index in [4.69, 9.17) is 10.5 Å². The van der Waals surface area contributed by atoms with Crippen molar-refractivity contribution in [2.24, 2.45) is 0 Å². The molecule has 3 atom stereocenters. The van der Waals surface area contributed by atoms with Crippen LogP contribution in [0.25, 0.3) is 0 Å². The number of nitrogens with zero attached hydrogens (tertiary/aromatic N) is 2. The Morgan fingerprint density at radius 1 is 1.36 bits per heavy atom. The molecule has 0 aromatic heterocycles. The first-order valence-corrected chi connectivity index (χ1v) is 8.67. The van der Waals surface area contributed by atoms with E-state index in [0.717, 1.165) is 24.1 Å². The van der Waals surface area contributed by atoms with Crippen LogP contribution in [-0.2, 0) is 9.53 Å². The van der Waals surface area contributed by atoms with Crippen molar-refractivity contribution in [3.63, 3.8) is 0 Å². The van der Waals surface area contributed by atoms with E-state index in [0.29, 0.717) is 25.2 Å². The van der Waals surface area contributed by atoms with E-state index < -0.39 is 6.09 Å². The van der Waals surface area contributed by atoms with Crippen molar-refractivity contribution in [1.29, 1.82) is 0 Å². The van der Waals surface area contributed by atoms with Gasteiger partial charge in [0.05, 0.1) is 30.9 Å². The molecule has 3 rings (SSSR count). The van der Waals surface area contributed by atoms with Crippen LogP contribution in [0.1, 0.15) is 37.7 Å². The summed E-state index contributed by atoms with van der Waals surface area (Å²) < 4.78 is 4.77. The number of esters is 1. The molecule has 2 saturated heterocycles. The summed E-state index contributed by atoms with van der Waals surface area (Å²) in [5.41, 5.74) is 8.96. The normalized spacial score (nSPS) is 23.0. The number of carboxylic acid groups (broad SMARTS) is 1. The standard InChI is InChI=1S/C18H25N3O4/c1-3-11(7-17(22)25-2)12-4-5-16(15(19)6-12)20-9-14-8-13(20)10-21(14)18(23)24/h4-6,11,13-14H,3,7-10,19H2,1-2H3,(H,23,24). The van der Waals surface area contributed by atoms with Gasteiger partial charge in [0.15, 0.2) is 0 Å². The fraction of sp³-hybridized carbons (Fsp3) is 0.556. The highest BCUT2D eigenvalue weighted by molar-refractivity contribution is 5.73. The van der Waals surface area contributed by atoms with Crippen LogP contribution < -0.4 is 10.6 Å². The monoisotopic (exact) mass is 347 g/mol. The number of likely N-dealkylation sites (tertiary alicyclic amines) is 1. The SMILES string of the molecule is CCC(CC(=O)OC)c1ccc(N2CC3CC2CN3C(=O)O)c(N)c1. The molecule has 3 N–H and O–H groups in total. The predicted octanol–water partition coefficient (Wildman–Crippen LogP) is 2.27. The maximum atomic E-state index is 11.6. The number of hydrogen-bond acceptors (Lipinski definition) is 5. The van der Waals surface area contributed by atoms with Crippen molar-refractivity contribution in [3.05, 3.63) is 23.8 Å². The first-order chi connectivity index (χ1) is 11.9. The van der Waals surface area contributed by atoms with Crippen LogP contribution in [0.2, 0.25) is 0 Å². The molecule has 0 saturated carbocycles. The molecular weight excluding hydrogens is 322 g/mol. The van der Waals surface area contributed by atoms with Gasteiger partial charge >= 0.3 is 12.1 Å². The molecule has 25 heavy (non-hydrogen) atoms. The average molecular weight is 347 g/mol. The summed E-state index contributed by atoms with van der Waals surface area (Å²) >= 11 is 0. The van der Waals surface area contributed by atoms with Crippen LogP contribution in [0.3, 0.4) is 0 Å². The largest absolute Gasteiger partial charge is 0.469 e. The van der Waals surface area contributed by atoms with Crippen LogP contribution in [0.15, 0.2) is 18.2 Å². The van der Waals surface area contributed by atoms with Crippen LogP contribution in [-0.4, -0.2) is 54.4 Å². The van der Waals surface area contributed by atoms with E-state index in [-0.39, 0.29) is 24.0 Å². The minimum atomic E-state index is -0.843. The van der Waals surface area contributed by atoms with Crippen LogP contribution in [0.5, 0.6) is 0 Å². The Morgan fingerprint density at radius 2 is 2.12 bits per heavy atom. The van der Waals surface area contributed by atoms with E-state index in [1.807, 2.05) is 25.1 Å². The second-order valence-corrected chi connectivity index (χ2v) is 6.83. The number of anilines is 2. The van der Waals surface area contributed by atoms with Crippen molar-refractivity contribution in [3.8, 4) is 0 Å². The predicted molar refractivity (Wildman–Crippen MR) is 94.8 cm³/mol. The molecular formula is C18H25N3O4. The Bertz CT molecular complexity index is 678. The molecule has 7 nitrogen and oxygen atoms in total. The van der Waals surface area contributed by atoms with Gasteiger partial charge in [-0.15, -0.1) is 0 Å². The second-order valence-electron chi connectivity index (χ2n) is 6.83. The number of amides is 1. The number of carbonyl (C=O) groups excluding carboxylic acids is 1. The van der Waals surface area contributed by atoms with E-state index in [1.54, 1.807) is 0 Å². The maximum absolute atomic E-state index is 11.6. The quantitative estimate of drug-likeness (QED) is 0.626. The lowest BCUT2D eigenvalue weighted by Gasteiger charge is -2.35. The Morgan fingerprint density at radius 3 is 2.64 bits per heavy atom. The van der Waals surface area contributed by atoms with E-state index in [2.05, 4.69) is 4.90 Å². The molecule has 1 aromatic carbocycles. The smallest absolute Gasteiger partial charge is 0.407 e. The molecule has 3 unspecified atom stereocenters. The number of carbonyl (C=O) groups is 2. The van der Waals surface area contributed by atoms with Crippen molar-refractivity contribution >= 4 is 23.4 Å². The molecule has 0 spiro atoms. The van der Waals surface area contributed by atoms with Crippen LogP contribution in [0.4, 0.5) is 16.2 Å². The van der Waals surface area contributed by atoms with Gasteiger partial charge in [-0.3, -0.25) is 4.79 Å². The number of hydrogen-bond donors (Lipinski definition) is 2. The lowest BCUT2D eigenvalue weighted by molar-refractivity contribution is -0.141. The van der Waals surface area contributed by atoms with Crippen molar-refractivity contribution in [1.82, 2.24) is 4.90 Å². The summed E-state index contributed by atoms with van der Waals surface area (Å²) in [7, 11) is 1.40. The number of benzene rings is 1. The summed E-state index contributed by atoms with van der Waals surface area (Å²) in [4.78, 5) is 26.5. The Kier molecular flexibility index (Phi) is 4.74. The number of ether oxygens (including phenoxy) is 1. The van der Waals surface area contributed by atoms with Crippen LogP contribution >= 0.6 is 0 Å². The van der Waals surface area contributed by atoms with Gasteiger partial charge in [-0.2, -0.15) is 0 Å². The first-order valence-electron chi connectivity index (χ1n) is 8.67. The highest BCUT2D eigenvalue weighted by atomic mass is 16.5. The zero-order chi connectivity index (χ0) is 18.1. The highest BCUT2D eigenvalue weighted by Gasteiger charge is 2.45. The van der Waals surface area contributed by atoms with Gasteiger partial charge in [0.2, 0.25) is 0 Å². The third-order valence-electron chi connectivity index (χ3n) is 5.45. The molecule has 2 fully saturated rings. The molecule has 0 aliphatic carbocycles. The Labute approximate surface area is 147 Å². The third kappa shape index (κ3) is 3.23. The summed E-state index contributed by atoms with van der Waals surface area (Å²) in [6.45, 7) is 3.25. The van der Waals surface area contributed by atoms with E-state index in [9.17, 15) is 14.7 Å². The minimum absolute atomic E-state index is 0.0456. The van der Waals surface area contributed by atoms with Crippen LogP contribution in [0, 0.1) is 0 Å². The fourth-order valence-corrected chi connectivity index (χ4v) is 4.07. The second kappa shape index (κ2) is 6.82. The average Bonchev–Trinajstić information content (AvgIpc) is 3.19. The van der Waals surface area contributed by atoms with Gasteiger partial charge in [-0.25, -0.2) is 4.79 Å². The maximum Gasteiger partial charge on any atom is 0.407 e. The van der Waals surface area contributed by atoms with Gasteiger partial charge in [-0.1, -0.05) is 13.0 Å². The lowest BCUT2D eigenvalue weighted by atomic mass is 9.92. The van der Waals surface area contributed by atoms with Gasteiger partial charge in [-0.05, 0) is 36.5 Å². The number of piperazine rings is 1. The topological polar surface area (TPSA) is 96.1 Å². The Hall–Kier alpha value is -2.44. The molecule has 136 valence electrons. The lowest BCUT2D eigenvalue weighted by Crippen LogP contribution is -2.48. The summed E-state index contributed by atoms with van der Waals surface area (Å²) in [5, 5.41) is 9.21. The molecule has 7 heteroatoms. The summed E-state index contributed by atoms with van der Waals surface area (Å²) in [6.07, 6.45) is 1.18. The van der Waals surface area contributed by atoms with E-state index in [1.165, 1.54) is 12.0 Å². The number of methoxy groups -OCH3 is 1. The van der Waals surface area contributed by atoms with Gasteiger partial charge in [0.25, 0.3) is 0 Å². The summed E-state index contributed by atoms with van der Waals surface area (Å²) in [6, 6.07) is 6.18. The molecule has 2 bridgehead atoms. The zero-order valence-electron chi connectivity index (χ0n) is 14.6. The molecule has 0 radical (unpaired) electrons. The molecule has 2 aliphatic rings. The number of nitrogens with two attached hydrogens (primary N) is 1. The Balaban J connectivity index is 1.75. The zero-order valence-corrected chi connectivity index (χ0v) is 14.6. The third-order valence-corrected chi connectivity index (χ3v) is 5.45. The minimum Gasteiger partial charge on any atom is -0.469 e. The number of rotatable bonds is 5. The highest BCUT2D eigenvalue weighted by Crippen LogP contribution is 2.38.